The maximum Gasteiger partial charge on any atom is 0.229 e. The van der Waals surface area contributed by atoms with E-state index < -0.39 is 0 Å². The first-order valence-electron chi connectivity index (χ1n) is 11.8. The number of anilines is 1. The van der Waals surface area contributed by atoms with E-state index in [9.17, 15) is 4.79 Å². The van der Waals surface area contributed by atoms with Crippen molar-refractivity contribution in [3.8, 4) is 0 Å². The molecule has 0 aliphatic carbocycles. The number of rotatable bonds is 7. The van der Waals surface area contributed by atoms with E-state index in [2.05, 4.69) is 79.1 Å². The number of benzene rings is 1. The molecule has 3 aromatic rings. The minimum atomic E-state index is -0.0490. The molecule has 1 aromatic carbocycles. The van der Waals surface area contributed by atoms with Gasteiger partial charge >= 0.3 is 0 Å². The number of aromatic nitrogens is 2. The summed E-state index contributed by atoms with van der Waals surface area (Å²) in [5.74, 6) is 2.35. The van der Waals surface area contributed by atoms with Gasteiger partial charge in [-0.25, -0.2) is 9.97 Å². The average molecular weight is 499 g/mol. The van der Waals surface area contributed by atoms with Crippen LogP contribution in [0.4, 0.5) is 5.13 Å². The molecule has 1 saturated heterocycles. The van der Waals surface area contributed by atoms with Crippen LogP contribution >= 0.6 is 23.1 Å². The first-order chi connectivity index (χ1) is 16.2. The second-order valence-corrected chi connectivity index (χ2v) is 12.3. The quantitative estimate of drug-likeness (QED) is 0.378. The highest BCUT2D eigenvalue weighted by atomic mass is 32.2. The summed E-state index contributed by atoms with van der Waals surface area (Å²) < 4.78 is 6.89. The molecule has 8 heteroatoms. The molecule has 0 saturated carbocycles. The second kappa shape index (κ2) is 10.6. The number of carbonyl (C=O) groups excluding carboxylic acids is 1. The van der Waals surface area contributed by atoms with E-state index in [1.165, 1.54) is 22.5 Å². The van der Waals surface area contributed by atoms with Crippen molar-refractivity contribution in [1.82, 2.24) is 14.9 Å². The van der Waals surface area contributed by atoms with Crippen LogP contribution in [0.1, 0.15) is 69.4 Å². The number of thiazole rings is 1. The summed E-state index contributed by atoms with van der Waals surface area (Å²) in [7, 11) is 0. The molecular weight excluding hydrogens is 464 g/mol. The van der Waals surface area contributed by atoms with Crippen molar-refractivity contribution in [2.75, 3.05) is 18.4 Å². The van der Waals surface area contributed by atoms with Crippen LogP contribution in [0.25, 0.3) is 0 Å². The number of thioether (sulfide) groups is 1. The van der Waals surface area contributed by atoms with Crippen LogP contribution in [0.5, 0.6) is 0 Å². The van der Waals surface area contributed by atoms with Gasteiger partial charge in [0, 0.05) is 17.4 Å². The van der Waals surface area contributed by atoms with Crippen molar-refractivity contribution in [3.63, 3.8) is 0 Å². The number of amides is 1. The Morgan fingerprint density at radius 1 is 1.26 bits per heavy atom. The lowest BCUT2D eigenvalue weighted by Crippen LogP contribution is -2.39. The highest BCUT2D eigenvalue weighted by Crippen LogP contribution is 2.33. The summed E-state index contributed by atoms with van der Waals surface area (Å²) in [4.78, 5) is 24.1. The summed E-state index contributed by atoms with van der Waals surface area (Å²) in [6.45, 7) is 12.6. The molecule has 1 amide bonds. The maximum absolute atomic E-state index is 12.8. The molecule has 4 rings (SSSR count). The summed E-state index contributed by atoms with van der Waals surface area (Å²) in [6.07, 6.45) is 5.36. The fraction of sp³-hybridized carbons (Fsp3) is 0.500. The van der Waals surface area contributed by atoms with Crippen LogP contribution in [0.15, 0.2) is 45.3 Å². The second-order valence-electron chi connectivity index (χ2n) is 10.0. The van der Waals surface area contributed by atoms with Gasteiger partial charge in [0.2, 0.25) is 11.8 Å². The van der Waals surface area contributed by atoms with Gasteiger partial charge < -0.3 is 9.73 Å². The molecule has 1 aliphatic heterocycles. The van der Waals surface area contributed by atoms with Crippen LogP contribution in [0.2, 0.25) is 0 Å². The topological polar surface area (TPSA) is 71.3 Å². The van der Waals surface area contributed by atoms with Crippen molar-refractivity contribution in [1.29, 1.82) is 0 Å². The minimum absolute atomic E-state index is 0.0316. The van der Waals surface area contributed by atoms with Gasteiger partial charge in [0.1, 0.15) is 5.76 Å². The lowest BCUT2D eigenvalue weighted by atomic mass is 9.93. The minimum Gasteiger partial charge on any atom is -0.444 e. The molecule has 0 radical (unpaired) electrons. The van der Waals surface area contributed by atoms with Gasteiger partial charge in [0.15, 0.2) is 5.13 Å². The van der Waals surface area contributed by atoms with Crippen LogP contribution < -0.4 is 5.32 Å². The fourth-order valence-electron chi connectivity index (χ4n) is 4.14. The third-order valence-corrected chi connectivity index (χ3v) is 8.41. The standard InChI is InChI=1S/C26H34N4O2S2/c1-17-7-6-8-20(13-17)18(2)30-11-9-19(10-12-30)24(31)29-25-28-15-23(34-25)33-16-22-27-14-21(32-22)26(3,4)5/h6-8,13-15,18-19H,9-12,16H2,1-5H3,(H,28,29,31). The molecule has 182 valence electrons. The number of aryl methyl sites for hydroxylation is 1. The number of piperidine rings is 1. The molecular formula is C26H34N4O2S2. The fourth-order valence-corrected chi connectivity index (χ4v) is 5.87. The smallest absolute Gasteiger partial charge is 0.229 e. The Labute approximate surface area is 210 Å². The van der Waals surface area contributed by atoms with E-state index in [0.29, 0.717) is 22.8 Å². The molecule has 1 unspecified atom stereocenters. The first kappa shape index (κ1) is 24.9. The number of hydrogen-bond acceptors (Lipinski definition) is 7. The molecule has 34 heavy (non-hydrogen) atoms. The number of carbonyl (C=O) groups is 1. The number of hydrogen-bond donors (Lipinski definition) is 1. The predicted octanol–water partition coefficient (Wildman–Crippen LogP) is 6.44. The van der Waals surface area contributed by atoms with E-state index in [-0.39, 0.29) is 17.2 Å². The lowest BCUT2D eigenvalue weighted by molar-refractivity contribution is -0.121. The molecule has 1 fully saturated rings. The molecule has 1 atom stereocenters. The highest BCUT2D eigenvalue weighted by Gasteiger charge is 2.28. The molecule has 2 aromatic heterocycles. The van der Waals surface area contributed by atoms with Crippen molar-refractivity contribution >= 4 is 34.1 Å². The zero-order valence-electron chi connectivity index (χ0n) is 20.6. The Morgan fingerprint density at radius 2 is 2.03 bits per heavy atom. The molecule has 1 N–H and O–H groups in total. The van der Waals surface area contributed by atoms with Crippen molar-refractivity contribution in [2.45, 2.75) is 68.9 Å². The Morgan fingerprint density at radius 3 is 2.71 bits per heavy atom. The Hall–Kier alpha value is -2.16. The van der Waals surface area contributed by atoms with E-state index in [1.54, 1.807) is 18.0 Å². The number of likely N-dealkylation sites (tertiary alicyclic amines) is 1. The third-order valence-electron chi connectivity index (χ3n) is 6.32. The highest BCUT2D eigenvalue weighted by molar-refractivity contribution is 8.00. The zero-order valence-corrected chi connectivity index (χ0v) is 22.3. The van der Waals surface area contributed by atoms with Crippen molar-refractivity contribution in [3.05, 3.63) is 59.4 Å². The monoisotopic (exact) mass is 498 g/mol. The first-order valence-corrected chi connectivity index (χ1v) is 13.6. The van der Waals surface area contributed by atoms with Gasteiger partial charge in [-0.1, -0.05) is 61.9 Å². The van der Waals surface area contributed by atoms with E-state index >= 15 is 0 Å². The summed E-state index contributed by atoms with van der Waals surface area (Å²) >= 11 is 3.13. The van der Waals surface area contributed by atoms with Crippen molar-refractivity contribution < 1.29 is 9.21 Å². The Balaban J connectivity index is 1.24. The largest absolute Gasteiger partial charge is 0.444 e. The van der Waals surface area contributed by atoms with Gasteiger partial charge in [0.25, 0.3) is 0 Å². The SMILES string of the molecule is Cc1cccc(C(C)N2CCC(C(=O)Nc3ncc(SCc4ncc(C(C)(C)C)o4)s3)CC2)c1. The van der Waals surface area contributed by atoms with Crippen LogP contribution in [-0.4, -0.2) is 33.9 Å². The summed E-state index contributed by atoms with van der Waals surface area (Å²) in [5.41, 5.74) is 2.58. The van der Waals surface area contributed by atoms with Crippen LogP contribution in [0, 0.1) is 12.8 Å². The van der Waals surface area contributed by atoms with Gasteiger partial charge in [-0.15, -0.1) is 11.8 Å². The van der Waals surface area contributed by atoms with E-state index in [4.69, 9.17) is 4.42 Å². The van der Waals surface area contributed by atoms with Gasteiger partial charge in [0.05, 0.1) is 22.4 Å². The number of oxazole rings is 1. The number of nitrogens with zero attached hydrogens (tertiary/aromatic N) is 3. The summed E-state index contributed by atoms with van der Waals surface area (Å²) in [5, 5.41) is 3.69. The normalized spacial score (nSPS) is 16.5. The molecule has 0 spiro atoms. The van der Waals surface area contributed by atoms with Crippen LogP contribution in [0.3, 0.4) is 0 Å². The number of nitrogens with one attached hydrogen (secondary N) is 1. The summed E-state index contributed by atoms with van der Waals surface area (Å²) in [6, 6.07) is 9.07. The van der Waals surface area contributed by atoms with E-state index in [0.717, 1.165) is 35.9 Å². The van der Waals surface area contributed by atoms with Crippen LogP contribution in [-0.2, 0) is 16.0 Å². The Kier molecular flexibility index (Phi) is 7.80. The Bertz CT molecular complexity index is 1110. The predicted molar refractivity (Wildman–Crippen MR) is 139 cm³/mol. The van der Waals surface area contributed by atoms with E-state index in [1.807, 2.05) is 6.20 Å². The average Bonchev–Trinajstić information content (AvgIpc) is 3.47. The molecule has 3 heterocycles. The maximum atomic E-state index is 12.8. The van der Waals surface area contributed by atoms with Gasteiger partial charge in [-0.05, 0) is 45.3 Å². The molecule has 0 bridgehead atoms. The third kappa shape index (κ3) is 6.29. The molecule has 6 nitrogen and oxygen atoms in total. The van der Waals surface area contributed by atoms with Gasteiger partial charge in [-0.2, -0.15) is 0 Å². The van der Waals surface area contributed by atoms with Crippen molar-refractivity contribution in [2.24, 2.45) is 5.92 Å². The molecule has 1 aliphatic rings. The van der Waals surface area contributed by atoms with Gasteiger partial charge in [-0.3, -0.25) is 9.69 Å². The lowest BCUT2D eigenvalue weighted by Gasteiger charge is -2.35. The zero-order chi connectivity index (χ0) is 24.3.